The van der Waals surface area contributed by atoms with Gasteiger partial charge in [-0.05, 0) is 50.2 Å². The second kappa shape index (κ2) is 6.91. The lowest BCUT2D eigenvalue weighted by Gasteiger charge is -2.42. The van der Waals surface area contributed by atoms with Gasteiger partial charge < -0.3 is 10.6 Å². The summed E-state index contributed by atoms with van der Waals surface area (Å²) >= 11 is 0. The molecule has 1 heterocycles. The third kappa shape index (κ3) is 4.25. The number of aliphatic imine (C=N–C) groups is 1. The van der Waals surface area contributed by atoms with Gasteiger partial charge in [0.15, 0.2) is 5.96 Å². The van der Waals surface area contributed by atoms with Crippen LogP contribution in [0.1, 0.15) is 37.8 Å². The fraction of sp³-hybridized carbons (Fsp3) is 0.632. The number of hydrogen-bond donors (Lipinski definition) is 2. The van der Waals surface area contributed by atoms with Crippen molar-refractivity contribution in [1.29, 1.82) is 0 Å². The zero-order valence-electron chi connectivity index (χ0n) is 14.7. The molecule has 3 rings (SSSR count). The molecule has 1 aliphatic heterocycles. The molecule has 2 N–H and O–H groups in total. The second-order valence-corrected chi connectivity index (χ2v) is 7.50. The molecule has 0 saturated heterocycles. The summed E-state index contributed by atoms with van der Waals surface area (Å²) < 4.78 is 0. The molecule has 23 heavy (non-hydrogen) atoms. The van der Waals surface area contributed by atoms with Gasteiger partial charge in [0.2, 0.25) is 0 Å². The Hall–Kier alpha value is -1.55. The first-order valence-electron chi connectivity index (χ1n) is 8.85. The third-order valence-electron chi connectivity index (χ3n) is 5.15. The molecular weight excluding hydrogens is 284 g/mol. The van der Waals surface area contributed by atoms with Crippen LogP contribution in [-0.4, -0.2) is 43.1 Å². The Kier molecular flexibility index (Phi) is 4.90. The van der Waals surface area contributed by atoms with Crippen LogP contribution in [-0.2, 0) is 13.0 Å². The van der Waals surface area contributed by atoms with Gasteiger partial charge in [0, 0.05) is 38.8 Å². The summed E-state index contributed by atoms with van der Waals surface area (Å²) in [6, 6.07) is 8.83. The van der Waals surface area contributed by atoms with Crippen molar-refractivity contribution in [3.05, 3.63) is 35.4 Å². The molecule has 0 bridgehead atoms. The van der Waals surface area contributed by atoms with E-state index in [-0.39, 0.29) is 5.54 Å². The first kappa shape index (κ1) is 16.3. The zero-order valence-corrected chi connectivity index (χ0v) is 14.7. The molecule has 1 aliphatic carbocycles. The van der Waals surface area contributed by atoms with E-state index in [1.165, 1.54) is 24.0 Å². The average Bonchev–Trinajstić information content (AvgIpc) is 3.39. The van der Waals surface area contributed by atoms with Crippen molar-refractivity contribution < 1.29 is 0 Å². The average molecular weight is 314 g/mol. The Bertz CT molecular complexity index is 560. The SMILES string of the molecule is CN=C(NCC1CC1)NCC(C)(C)N1CCc2ccccc2C1. The van der Waals surface area contributed by atoms with Gasteiger partial charge in [-0.3, -0.25) is 9.89 Å². The molecule has 0 radical (unpaired) electrons. The van der Waals surface area contributed by atoms with Crippen LogP contribution < -0.4 is 10.6 Å². The minimum atomic E-state index is 0.102. The van der Waals surface area contributed by atoms with Gasteiger partial charge in [-0.25, -0.2) is 0 Å². The first-order valence-corrected chi connectivity index (χ1v) is 8.85. The molecule has 4 heteroatoms. The molecule has 1 aromatic rings. The molecule has 0 spiro atoms. The molecular formula is C19H30N4. The van der Waals surface area contributed by atoms with Gasteiger partial charge in [0.05, 0.1) is 0 Å². The lowest BCUT2D eigenvalue weighted by molar-refractivity contribution is 0.107. The van der Waals surface area contributed by atoms with Crippen molar-refractivity contribution in [2.75, 3.05) is 26.7 Å². The minimum absolute atomic E-state index is 0.102. The Morgan fingerprint density at radius 1 is 1.22 bits per heavy atom. The van der Waals surface area contributed by atoms with Crippen molar-refractivity contribution in [3.63, 3.8) is 0 Å². The topological polar surface area (TPSA) is 39.7 Å². The van der Waals surface area contributed by atoms with E-state index in [0.717, 1.165) is 44.5 Å². The van der Waals surface area contributed by atoms with Gasteiger partial charge in [-0.1, -0.05) is 24.3 Å². The highest BCUT2D eigenvalue weighted by molar-refractivity contribution is 5.79. The monoisotopic (exact) mass is 314 g/mol. The molecule has 1 fully saturated rings. The van der Waals surface area contributed by atoms with E-state index < -0.39 is 0 Å². The molecule has 0 atom stereocenters. The largest absolute Gasteiger partial charge is 0.356 e. The molecule has 126 valence electrons. The Balaban J connectivity index is 1.54. The third-order valence-corrected chi connectivity index (χ3v) is 5.15. The van der Waals surface area contributed by atoms with Crippen LogP contribution in [0.2, 0.25) is 0 Å². The Labute approximate surface area is 140 Å². The highest BCUT2D eigenvalue weighted by Gasteiger charge is 2.30. The Morgan fingerprint density at radius 3 is 2.65 bits per heavy atom. The van der Waals surface area contributed by atoms with E-state index in [1.54, 1.807) is 0 Å². The van der Waals surface area contributed by atoms with Crippen LogP contribution in [0.4, 0.5) is 0 Å². The number of benzene rings is 1. The highest BCUT2D eigenvalue weighted by Crippen LogP contribution is 2.27. The number of guanidine groups is 1. The fourth-order valence-corrected chi connectivity index (χ4v) is 3.21. The van der Waals surface area contributed by atoms with Crippen LogP contribution in [0.3, 0.4) is 0 Å². The van der Waals surface area contributed by atoms with Crippen LogP contribution in [0.25, 0.3) is 0 Å². The van der Waals surface area contributed by atoms with E-state index in [0.29, 0.717) is 0 Å². The maximum Gasteiger partial charge on any atom is 0.191 e. The van der Waals surface area contributed by atoms with Gasteiger partial charge >= 0.3 is 0 Å². The van der Waals surface area contributed by atoms with E-state index in [1.807, 2.05) is 7.05 Å². The van der Waals surface area contributed by atoms with E-state index in [2.05, 4.69) is 58.6 Å². The summed E-state index contributed by atoms with van der Waals surface area (Å²) in [5.74, 6) is 1.79. The van der Waals surface area contributed by atoms with Gasteiger partial charge in [0.25, 0.3) is 0 Å². The molecule has 1 saturated carbocycles. The molecule has 0 unspecified atom stereocenters. The lowest BCUT2D eigenvalue weighted by Crippen LogP contribution is -2.54. The van der Waals surface area contributed by atoms with Crippen LogP contribution >= 0.6 is 0 Å². The van der Waals surface area contributed by atoms with Crippen molar-refractivity contribution in [2.45, 2.75) is 45.2 Å². The maximum absolute atomic E-state index is 4.35. The maximum atomic E-state index is 4.35. The van der Waals surface area contributed by atoms with Crippen molar-refractivity contribution in [3.8, 4) is 0 Å². The predicted octanol–water partition coefficient (Wildman–Crippen LogP) is 2.40. The summed E-state index contributed by atoms with van der Waals surface area (Å²) in [6.07, 6.45) is 3.87. The van der Waals surface area contributed by atoms with Crippen molar-refractivity contribution in [1.82, 2.24) is 15.5 Å². The molecule has 0 aromatic heterocycles. The number of nitrogens with one attached hydrogen (secondary N) is 2. The van der Waals surface area contributed by atoms with Crippen LogP contribution in [0.15, 0.2) is 29.3 Å². The number of rotatable bonds is 5. The van der Waals surface area contributed by atoms with Crippen molar-refractivity contribution >= 4 is 5.96 Å². The van der Waals surface area contributed by atoms with Gasteiger partial charge in [-0.2, -0.15) is 0 Å². The van der Waals surface area contributed by atoms with E-state index in [9.17, 15) is 0 Å². The zero-order chi connectivity index (χ0) is 16.3. The summed E-state index contributed by atoms with van der Waals surface area (Å²) in [5.41, 5.74) is 3.09. The molecule has 4 nitrogen and oxygen atoms in total. The summed E-state index contributed by atoms with van der Waals surface area (Å²) in [7, 11) is 1.85. The first-order chi connectivity index (χ1) is 11.1. The summed E-state index contributed by atoms with van der Waals surface area (Å²) in [5, 5.41) is 6.95. The van der Waals surface area contributed by atoms with Crippen LogP contribution in [0.5, 0.6) is 0 Å². The van der Waals surface area contributed by atoms with E-state index in [4.69, 9.17) is 0 Å². The number of fused-ring (bicyclic) bond motifs is 1. The van der Waals surface area contributed by atoms with Gasteiger partial charge in [-0.15, -0.1) is 0 Å². The second-order valence-electron chi connectivity index (χ2n) is 7.50. The quantitative estimate of drug-likeness (QED) is 0.647. The molecule has 0 amide bonds. The highest BCUT2D eigenvalue weighted by atomic mass is 15.2. The Morgan fingerprint density at radius 2 is 1.96 bits per heavy atom. The van der Waals surface area contributed by atoms with Crippen LogP contribution in [0, 0.1) is 5.92 Å². The summed E-state index contributed by atoms with van der Waals surface area (Å²) in [4.78, 5) is 6.93. The predicted molar refractivity (Wildman–Crippen MR) is 96.7 cm³/mol. The number of nitrogens with zero attached hydrogens (tertiary/aromatic N) is 2. The fourth-order valence-electron chi connectivity index (χ4n) is 3.21. The summed E-state index contributed by atoms with van der Waals surface area (Å²) in [6.45, 7) is 8.76. The lowest BCUT2D eigenvalue weighted by atomic mass is 9.94. The van der Waals surface area contributed by atoms with Crippen molar-refractivity contribution in [2.24, 2.45) is 10.9 Å². The minimum Gasteiger partial charge on any atom is -0.356 e. The molecule has 1 aromatic carbocycles. The smallest absolute Gasteiger partial charge is 0.191 e. The normalized spacial score (nSPS) is 19.3. The number of hydrogen-bond acceptors (Lipinski definition) is 2. The molecule has 2 aliphatic rings. The van der Waals surface area contributed by atoms with E-state index >= 15 is 0 Å². The van der Waals surface area contributed by atoms with Gasteiger partial charge in [0.1, 0.15) is 0 Å². The standard InChI is InChI=1S/C19H30N4/c1-19(2,14-22-18(20-3)21-12-15-8-9-15)23-11-10-16-6-4-5-7-17(16)13-23/h4-7,15H,8-14H2,1-3H3,(H2,20,21,22).